The van der Waals surface area contributed by atoms with E-state index in [-0.39, 0.29) is 0 Å². The molecule has 1 N–H and O–H groups in total. The Morgan fingerprint density at radius 2 is 2.00 bits per heavy atom. The van der Waals surface area contributed by atoms with E-state index in [9.17, 15) is 0 Å². The highest BCUT2D eigenvalue weighted by atomic mass is 16.5. The van der Waals surface area contributed by atoms with Gasteiger partial charge in [-0.1, -0.05) is 20.3 Å². The van der Waals surface area contributed by atoms with E-state index in [1.165, 1.54) is 12.8 Å². The molecule has 1 rings (SSSR count). The molecule has 2 atom stereocenters. The molecule has 11 heavy (non-hydrogen) atoms. The first kappa shape index (κ1) is 9.01. The summed E-state index contributed by atoms with van der Waals surface area (Å²) >= 11 is 0. The third-order valence-corrected chi connectivity index (χ3v) is 2.19. The van der Waals surface area contributed by atoms with E-state index in [4.69, 9.17) is 4.74 Å². The normalized spacial score (nSPS) is 32.2. The lowest BCUT2D eigenvalue weighted by atomic mass is 10.1. The second-order valence-electron chi connectivity index (χ2n) is 3.24. The molecule has 2 heteroatoms. The summed E-state index contributed by atoms with van der Waals surface area (Å²) in [5, 5.41) is 3.40. The Labute approximate surface area is 69.3 Å². The van der Waals surface area contributed by atoms with Crippen molar-refractivity contribution in [2.45, 2.75) is 45.3 Å². The van der Waals surface area contributed by atoms with Crippen LogP contribution in [0.5, 0.6) is 0 Å². The first-order valence-corrected chi connectivity index (χ1v) is 4.73. The standard InChI is InChI=1S/C9H19NO/c1-3-5-9-7-10-6-8(4-2)11-9/h8-10H,3-7H2,1-2H3. The molecule has 66 valence electrons. The number of hydrogen-bond donors (Lipinski definition) is 1. The summed E-state index contributed by atoms with van der Waals surface area (Å²) in [7, 11) is 0. The minimum atomic E-state index is 0.459. The van der Waals surface area contributed by atoms with Crippen LogP contribution in [0.4, 0.5) is 0 Å². The van der Waals surface area contributed by atoms with Crippen molar-refractivity contribution in [1.29, 1.82) is 0 Å². The molecule has 0 spiro atoms. The molecular formula is C9H19NO. The number of morpholine rings is 1. The van der Waals surface area contributed by atoms with E-state index in [0.717, 1.165) is 19.5 Å². The maximum atomic E-state index is 5.81. The molecule has 0 aromatic heterocycles. The molecule has 0 radical (unpaired) electrons. The van der Waals surface area contributed by atoms with E-state index >= 15 is 0 Å². The van der Waals surface area contributed by atoms with Gasteiger partial charge in [0.15, 0.2) is 0 Å². The lowest BCUT2D eigenvalue weighted by molar-refractivity contribution is -0.0418. The third-order valence-electron chi connectivity index (χ3n) is 2.19. The topological polar surface area (TPSA) is 21.3 Å². The molecule has 0 aromatic rings. The van der Waals surface area contributed by atoms with Crippen LogP contribution in [0.3, 0.4) is 0 Å². The van der Waals surface area contributed by atoms with Gasteiger partial charge in [-0.05, 0) is 12.8 Å². The maximum absolute atomic E-state index is 5.81. The van der Waals surface area contributed by atoms with Crippen LogP contribution in [0.25, 0.3) is 0 Å². The maximum Gasteiger partial charge on any atom is 0.0703 e. The molecule has 1 saturated heterocycles. The van der Waals surface area contributed by atoms with Crippen molar-refractivity contribution in [3.63, 3.8) is 0 Å². The van der Waals surface area contributed by atoms with Crippen molar-refractivity contribution in [3.05, 3.63) is 0 Å². The molecule has 0 bridgehead atoms. The summed E-state index contributed by atoms with van der Waals surface area (Å²) in [6.07, 6.45) is 4.48. The van der Waals surface area contributed by atoms with E-state index in [0.29, 0.717) is 12.2 Å². The van der Waals surface area contributed by atoms with Gasteiger partial charge >= 0.3 is 0 Å². The molecule has 2 nitrogen and oxygen atoms in total. The van der Waals surface area contributed by atoms with Crippen LogP contribution in [-0.4, -0.2) is 25.3 Å². The first-order valence-electron chi connectivity index (χ1n) is 4.73. The molecule has 1 aliphatic rings. The van der Waals surface area contributed by atoms with Crippen molar-refractivity contribution in [2.75, 3.05) is 13.1 Å². The quantitative estimate of drug-likeness (QED) is 0.671. The Kier molecular flexibility index (Phi) is 3.87. The average molecular weight is 157 g/mol. The summed E-state index contributed by atoms with van der Waals surface area (Å²) in [6, 6.07) is 0. The van der Waals surface area contributed by atoms with Crippen LogP contribution in [0.1, 0.15) is 33.1 Å². The molecule has 1 aliphatic heterocycles. The highest BCUT2D eigenvalue weighted by Crippen LogP contribution is 2.10. The van der Waals surface area contributed by atoms with Gasteiger partial charge in [-0.15, -0.1) is 0 Å². The number of ether oxygens (including phenoxy) is 1. The van der Waals surface area contributed by atoms with Crippen LogP contribution < -0.4 is 5.32 Å². The van der Waals surface area contributed by atoms with Gasteiger partial charge in [-0.25, -0.2) is 0 Å². The zero-order valence-corrected chi connectivity index (χ0v) is 7.60. The van der Waals surface area contributed by atoms with Crippen LogP contribution in [0.2, 0.25) is 0 Å². The Hall–Kier alpha value is -0.0800. The van der Waals surface area contributed by atoms with Gasteiger partial charge in [-0.2, -0.15) is 0 Å². The van der Waals surface area contributed by atoms with Crippen LogP contribution in [-0.2, 0) is 4.74 Å². The Morgan fingerprint density at radius 3 is 2.64 bits per heavy atom. The number of rotatable bonds is 3. The minimum absolute atomic E-state index is 0.459. The van der Waals surface area contributed by atoms with Crippen LogP contribution in [0, 0.1) is 0 Å². The fourth-order valence-corrected chi connectivity index (χ4v) is 1.51. The van der Waals surface area contributed by atoms with Gasteiger partial charge in [0.1, 0.15) is 0 Å². The monoisotopic (exact) mass is 157 g/mol. The molecule has 0 saturated carbocycles. The predicted octanol–water partition coefficient (Wildman–Crippen LogP) is 1.55. The number of nitrogens with one attached hydrogen (secondary N) is 1. The first-order chi connectivity index (χ1) is 5.36. The zero-order valence-electron chi connectivity index (χ0n) is 7.60. The Balaban J connectivity index is 2.21. The molecule has 0 aromatic carbocycles. The molecule has 1 fully saturated rings. The van der Waals surface area contributed by atoms with Crippen molar-refractivity contribution < 1.29 is 4.74 Å². The van der Waals surface area contributed by atoms with Gasteiger partial charge in [-0.3, -0.25) is 0 Å². The van der Waals surface area contributed by atoms with Crippen molar-refractivity contribution in [1.82, 2.24) is 5.32 Å². The van der Waals surface area contributed by atoms with Crippen molar-refractivity contribution in [3.8, 4) is 0 Å². The van der Waals surface area contributed by atoms with Gasteiger partial charge in [0.2, 0.25) is 0 Å². The summed E-state index contributed by atoms with van der Waals surface area (Å²) in [5.74, 6) is 0. The van der Waals surface area contributed by atoms with Crippen molar-refractivity contribution in [2.24, 2.45) is 0 Å². The van der Waals surface area contributed by atoms with E-state index < -0.39 is 0 Å². The van der Waals surface area contributed by atoms with Gasteiger partial charge in [0.05, 0.1) is 12.2 Å². The van der Waals surface area contributed by atoms with Gasteiger partial charge in [0.25, 0.3) is 0 Å². The lowest BCUT2D eigenvalue weighted by Gasteiger charge is -2.30. The largest absolute Gasteiger partial charge is 0.372 e. The average Bonchev–Trinajstić information content (AvgIpc) is 2.06. The van der Waals surface area contributed by atoms with E-state index in [1.54, 1.807) is 0 Å². The third kappa shape index (κ3) is 2.80. The smallest absolute Gasteiger partial charge is 0.0703 e. The second-order valence-corrected chi connectivity index (χ2v) is 3.24. The Morgan fingerprint density at radius 1 is 1.27 bits per heavy atom. The molecular weight excluding hydrogens is 138 g/mol. The Bertz CT molecular complexity index is 104. The zero-order chi connectivity index (χ0) is 8.10. The number of hydrogen-bond acceptors (Lipinski definition) is 2. The van der Waals surface area contributed by atoms with Crippen LogP contribution >= 0.6 is 0 Å². The minimum Gasteiger partial charge on any atom is -0.372 e. The van der Waals surface area contributed by atoms with E-state index in [2.05, 4.69) is 19.2 Å². The van der Waals surface area contributed by atoms with E-state index in [1.807, 2.05) is 0 Å². The molecule has 2 unspecified atom stereocenters. The highest BCUT2D eigenvalue weighted by molar-refractivity contribution is 4.72. The summed E-state index contributed by atoms with van der Waals surface area (Å²) in [5.41, 5.74) is 0. The van der Waals surface area contributed by atoms with Gasteiger partial charge < -0.3 is 10.1 Å². The van der Waals surface area contributed by atoms with Gasteiger partial charge in [0, 0.05) is 13.1 Å². The SMILES string of the molecule is CCCC1CNCC(CC)O1. The molecule has 1 heterocycles. The summed E-state index contributed by atoms with van der Waals surface area (Å²) in [6.45, 7) is 6.47. The highest BCUT2D eigenvalue weighted by Gasteiger charge is 2.19. The fourth-order valence-electron chi connectivity index (χ4n) is 1.51. The molecule has 0 amide bonds. The summed E-state index contributed by atoms with van der Waals surface area (Å²) in [4.78, 5) is 0. The predicted molar refractivity (Wildman–Crippen MR) is 46.7 cm³/mol. The van der Waals surface area contributed by atoms with Crippen molar-refractivity contribution >= 4 is 0 Å². The second kappa shape index (κ2) is 4.73. The molecule has 0 aliphatic carbocycles. The van der Waals surface area contributed by atoms with Crippen LogP contribution in [0.15, 0.2) is 0 Å². The lowest BCUT2D eigenvalue weighted by Crippen LogP contribution is -2.44. The fraction of sp³-hybridized carbons (Fsp3) is 1.00. The summed E-state index contributed by atoms with van der Waals surface area (Å²) < 4.78 is 5.81.